The standard InChI is InChI=1S/C10H14.C5H10.C4H8.3C4H10.C3H6.4C2H6/c1-9(2)8-10-6-4-3-5-7-10;1-2-4-5-3-1;1-2-4-3-1;3*1-4(2)3;1-2-3-1;4*1-2/h3-7,9H,8H2,1-2H3;1-5H2;1-4H2;3*4H,1-3H3;1-3H2;4*1-2H3. The van der Waals surface area contributed by atoms with Crippen molar-refractivity contribution in [3.63, 3.8) is 0 Å². The van der Waals surface area contributed by atoms with E-state index in [1.807, 2.05) is 55.4 Å². The van der Waals surface area contributed by atoms with E-state index in [2.05, 4.69) is 106 Å². The van der Waals surface area contributed by atoms with Crippen LogP contribution in [0.4, 0.5) is 0 Å². The average Bonchev–Trinajstić information content (AvgIpc) is 3.67. The van der Waals surface area contributed by atoms with Gasteiger partial charge in [0.15, 0.2) is 0 Å². The van der Waals surface area contributed by atoms with Crippen molar-refractivity contribution in [2.45, 2.75) is 215 Å². The van der Waals surface area contributed by atoms with Crippen LogP contribution in [0.15, 0.2) is 30.3 Å². The predicted molar refractivity (Wildman–Crippen MR) is 207 cm³/mol. The van der Waals surface area contributed by atoms with E-state index in [0.29, 0.717) is 0 Å². The average molecular weight is 597 g/mol. The monoisotopic (exact) mass is 597 g/mol. The largest absolute Gasteiger partial charge is 0.0683 e. The van der Waals surface area contributed by atoms with Crippen LogP contribution in [0, 0.1) is 23.7 Å². The minimum Gasteiger partial charge on any atom is -0.0683 e. The first-order chi connectivity index (χ1) is 20.0. The Morgan fingerprint density at radius 3 is 0.667 bits per heavy atom. The van der Waals surface area contributed by atoms with Crippen LogP contribution in [0.2, 0.25) is 0 Å². The van der Waals surface area contributed by atoms with Crippen molar-refractivity contribution < 1.29 is 0 Å². The van der Waals surface area contributed by atoms with Crippen LogP contribution in [-0.2, 0) is 6.42 Å². The first-order valence-electron chi connectivity index (χ1n) is 19.0. The number of rotatable bonds is 2. The topological polar surface area (TPSA) is 0 Å². The summed E-state index contributed by atoms with van der Waals surface area (Å²) in [6, 6.07) is 10.6. The second kappa shape index (κ2) is 59.6. The summed E-state index contributed by atoms with van der Waals surface area (Å²) in [5.74, 6) is 3.27. The number of benzene rings is 1. The molecular weight excluding hydrogens is 504 g/mol. The van der Waals surface area contributed by atoms with Crippen molar-refractivity contribution in [1.29, 1.82) is 0 Å². The van der Waals surface area contributed by atoms with Gasteiger partial charge in [0.2, 0.25) is 0 Å². The Morgan fingerprint density at radius 1 is 0.357 bits per heavy atom. The molecule has 42 heavy (non-hydrogen) atoms. The molecule has 0 spiro atoms. The van der Waals surface area contributed by atoms with Crippen molar-refractivity contribution in [2.24, 2.45) is 23.7 Å². The minimum absolute atomic E-state index is 0.766. The van der Waals surface area contributed by atoms with Gasteiger partial charge in [-0.1, -0.05) is 239 Å². The summed E-state index contributed by atoms with van der Waals surface area (Å²) in [5.41, 5.74) is 1.44. The Kier molecular flexibility index (Phi) is 80.8. The van der Waals surface area contributed by atoms with E-state index in [1.165, 1.54) is 89.0 Å². The lowest BCUT2D eigenvalue weighted by molar-refractivity contribution is 0.504. The zero-order chi connectivity index (χ0) is 34.6. The van der Waals surface area contributed by atoms with Gasteiger partial charge in [0.25, 0.3) is 0 Å². The zero-order valence-corrected chi connectivity index (χ0v) is 33.9. The summed E-state index contributed by atoms with van der Waals surface area (Å²) in [4.78, 5) is 0. The van der Waals surface area contributed by atoms with E-state index in [1.54, 1.807) is 0 Å². The number of hydrogen-bond donors (Lipinski definition) is 0. The maximum absolute atomic E-state index is 2.24. The van der Waals surface area contributed by atoms with Crippen molar-refractivity contribution in [3.8, 4) is 0 Å². The Hall–Kier alpha value is -0.780. The van der Waals surface area contributed by atoms with E-state index in [-0.39, 0.29) is 0 Å². The lowest BCUT2D eigenvalue weighted by Crippen LogP contribution is -1.92. The molecule has 3 saturated carbocycles. The van der Waals surface area contributed by atoms with Crippen LogP contribution in [0.25, 0.3) is 0 Å². The maximum Gasteiger partial charge on any atom is -0.0256 e. The Labute approximate surface area is 274 Å². The third-order valence-electron chi connectivity index (χ3n) is 4.09. The van der Waals surface area contributed by atoms with Crippen molar-refractivity contribution in [3.05, 3.63) is 35.9 Å². The van der Waals surface area contributed by atoms with Crippen LogP contribution in [0.3, 0.4) is 0 Å². The fourth-order valence-electron chi connectivity index (χ4n) is 2.22. The van der Waals surface area contributed by atoms with E-state index in [4.69, 9.17) is 0 Å². The molecule has 4 rings (SSSR count). The highest BCUT2D eigenvalue weighted by atomic mass is 14.0. The first kappa shape index (κ1) is 56.9. The Bertz CT molecular complexity index is 393. The molecule has 0 heterocycles. The molecule has 1 aromatic carbocycles. The van der Waals surface area contributed by atoms with Gasteiger partial charge in [-0.3, -0.25) is 0 Å². The minimum atomic E-state index is 0.766. The smallest absolute Gasteiger partial charge is 0.0256 e. The highest BCUT2D eigenvalue weighted by Crippen LogP contribution is 2.15. The summed E-state index contributed by atoms with van der Waals surface area (Å²) in [7, 11) is 0. The van der Waals surface area contributed by atoms with Gasteiger partial charge in [-0.05, 0) is 35.7 Å². The molecule has 0 aliphatic heterocycles. The third-order valence-corrected chi connectivity index (χ3v) is 4.09. The molecule has 3 aliphatic carbocycles. The lowest BCUT2D eigenvalue weighted by atomic mass is 10.0. The summed E-state index contributed by atoms with van der Waals surface area (Å²) in [5, 5.41) is 0. The molecule has 0 radical (unpaired) electrons. The second-order valence-corrected chi connectivity index (χ2v) is 12.5. The fraction of sp³-hybridized carbons (Fsp3) is 0.857. The van der Waals surface area contributed by atoms with Crippen molar-refractivity contribution >= 4 is 0 Å². The van der Waals surface area contributed by atoms with Crippen LogP contribution in [-0.4, -0.2) is 0 Å². The van der Waals surface area contributed by atoms with Crippen LogP contribution in [0.1, 0.15) is 214 Å². The van der Waals surface area contributed by atoms with E-state index >= 15 is 0 Å². The zero-order valence-electron chi connectivity index (χ0n) is 33.9. The summed E-state index contributed by atoms with van der Waals surface area (Å²) < 4.78 is 0. The molecule has 0 atom stereocenters. The molecule has 0 bridgehead atoms. The SMILES string of the molecule is C1CC1.C1CCC1.C1CCCC1.CC.CC.CC.CC.CC(C)C.CC(C)C.CC(C)C.CC(C)Cc1ccccc1. The molecule has 0 saturated heterocycles. The van der Waals surface area contributed by atoms with Gasteiger partial charge in [-0.25, -0.2) is 0 Å². The number of hydrogen-bond acceptors (Lipinski definition) is 0. The van der Waals surface area contributed by atoms with Gasteiger partial charge in [-0.15, -0.1) is 0 Å². The fourth-order valence-corrected chi connectivity index (χ4v) is 2.22. The van der Waals surface area contributed by atoms with E-state index in [9.17, 15) is 0 Å². The first-order valence-corrected chi connectivity index (χ1v) is 19.0. The quantitative estimate of drug-likeness (QED) is 0.318. The molecular formula is C42H92. The molecule has 0 N–H and O–H groups in total. The molecule has 0 aromatic heterocycles. The van der Waals surface area contributed by atoms with Gasteiger partial charge in [0.05, 0.1) is 0 Å². The molecule has 0 unspecified atom stereocenters. The normalized spacial score (nSPS) is 12.5. The second-order valence-electron chi connectivity index (χ2n) is 12.5. The van der Waals surface area contributed by atoms with Gasteiger partial charge in [0, 0.05) is 0 Å². The highest BCUT2D eigenvalue weighted by molar-refractivity contribution is 5.14. The van der Waals surface area contributed by atoms with Gasteiger partial charge >= 0.3 is 0 Å². The van der Waals surface area contributed by atoms with E-state index in [0.717, 1.165) is 23.7 Å². The van der Waals surface area contributed by atoms with Crippen LogP contribution in [0.5, 0.6) is 0 Å². The van der Waals surface area contributed by atoms with Crippen molar-refractivity contribution in [2.75, 3.05) is 0 Å². The highest BCUT2D eigenvalue weighted by Gasteiger charge is 1.96. The Balaban J connectivity index is -0.0000000677. The third kappa shape index (κ3) is 127. The van der Waals surface area contributed by atoms with Gasteiger partial charge in [0.1, 0.15) is 0 Å². The summed E-state index contributed by atoms with van der Waals surface area (Å²) in [6.45, 7) is 40.0. The molecule has 3 fully saturated rings. The summed E-state index contributed by atoms with van der Waals surface area (Å²) in [6.07, 6.45) is 19.2. The van der Waals surface area contributed by atoms with Crippen LogP contribution < -0.4 is 0 Å². The molecule has 0 nitrogen and oxygen atoms in total. The van der Waals surface area contributed by atoms with Gasteiger partial charge < -0.3 is 0 Å². The molecule has 0 amide bonds. The molecule has 0 heteroatoms. The molecule has 1 aromatic rings. The lowest BCUT2D eigenvalue weighted by Gasteiger charge is -2.05. The van der Waals surface area contributed by atoms with Crippen LogP contribution >= 0.6 is 0 Å². The molecule has 260 valence electrons. The molecule has 3 aliphatic rings. The summed E-state index contributed by atoms with van der Waals surface area (Å²) >= 11 is 0. The van der Waals surface area contributed by atoms with Crippen molar-refractivity contribution in [1.82, 2.24) is 0 Å². The van der Waals surface area contributed by atoms with E-state index < -0.39 is 0 Å². The predicted octanol–water partition coefficient (Wildman–Crippen LogP) is 16.7. The van der Waals surface area contributed by atoms with Gasteiger partial charge in [-0.2, -0.15) is 0 Å². The maximum atomic E-state index is 2.24. The Morgan fingerprint density at radius 2 is 0.524 bits per heavy atom.